The SMILES string of the molecule is COc1ccccc1-c1ccc2c(c1)O[C@H](CN(C)CC1CCOCC1)[C@@H](C)CN([C@H](C)CO)S2(=O)=O. The van der Waals surface area contributed by atoms with Crippen molar-refractivity contribution in [3.05, 3.63) is 42.5 Å². The summed E-state index contributed by atoms with van der Waals surface area (Å²) in [6.45, 7) is 7.00. The van der Waals surface area contributed by atoms with Crippen LogP contribution in [0.1, 0.15) is 26.7 Å². The number of fused-ring (bicyclic) bond motifs is 1. The van der Waals surface area contributed by atoms with Crippen molar-refractivity contribution >= 4 is 10.0 Å². The molecule has 1 N–H and O–H groups in total. The van der Waals surface area contributed by atoms with Gasteiger partial charge in [0.25, 0.3) is 0 Å². The Hall–Kier alpha value is -2.17. The van der Waals surface area contributed by atoms with Crippen LogP contribution in [0.15, 0.2) is 47.4 Å². The van der Waals surface area contributed by atoms with Gasteiger partial charge in [-0.2, -0.15) is 4.31 Å². The molecule has 37 heavy (non-hydrogen) atoms. The number of rotatable bonds is 8. The number of aliphatic hydroxyl groups is 1. The molecule has 2 aromatic carbocycles. The second kappa shape index (κ2) is 12.1. The van der Waals surface area contributed by atoms with Crippen LogP contribution in [0.2, 0.25) is 0 Å². The number of benzene rings is 2. The Morgan fingerprint density at radius 2 is 1.89 bits per heavy atom. The average molecular weight is 533 g/mol. The van der Waals surface area contributed by atoms with Crippen LogP contribution >= 0.6 is 0 Å². The summed E-state index contributed by atoms with van der Waals surface area (Å²) in [7, 11) is -0.169. The van der Waals surface area contributed by atoms with Gasteiger partial charge in [0.15, 0.2) is 0 Å². The molecule has 0 aromatic heterocycles. The Kier molecular flexibility index (Phi) is 9.13. The van der Waals surface area contributed by atoms with E-state index in [9.17, 15) is 13.5 Å². The van der Waals surface area contributed by atoms with E-state index in [4.69, 9.17) is 14.2 Å². The maximum atomic E-state index is 13.8. The topological polar surface area (TPSA) is 88.5 Å². The molecule has 0 radical (unpaired) electrons. The Bertz CT molecular complexity index is 1150. The van der Waals surface area contributed by atoms with Gasteiger partial charge in [-0.25, -0.2) is 8.42 Å². The first kappa shape index (κ1) is 27.9. The van der Waals surface area contributed by atoms with Gasteiger partial charge in [-0.15, -0.1) is 0 Å². The highest BCUT2D eigenvalue weighted by Gasteiger charge is 2.38. The minimum atomic E-state index is -3.89. The van der Waals surface area contributed by atoms with Gasteiger partial charge < -0.3 is 24.2 Å². The molecule has 4 rings (SSSR count). The van der Waals surface area contributed by atoms with E-state index in [0.717, 1.165) is 43.7 Å². The summed E-state index contributed by atoms with van der Waals surface area (Å²) in [4.78, 5) is 2.41. The number of ether oxygens (including phenoxy) is 3. The Morgan fingerprint density at radius 1 is 1.16 bits per heavy atom. The fraction of sp³-hybridized carbons (Fsp3) is 0.571. The third-order valence-corrected chi connectivity index (χ3v) is 9.51. The lowest BCUT2D eigenvalue weighted by Gasteiger charge is -2.38. The van der Waals surface area contributed by atoms with Crippen LogP contribution in [-0.4, -0.2) is 88.5 Å². The zero-order valence-electron chi connectivity index (χ0n) is 22.3. The lowest BCUT2D eigenvalue weighted by molar-refractivity contribution is 0.0402. The van der Waals surface area contributed by atoms with Crippen molar-refractivity contribution in [3.8, 4) is 22.6 Å². The maximum absolute atomic E-state index is 13.8. The number of sulfonamides is 1. The molecule has 0 amide bonds. The molecule has 1 saturated heterocycles. The van der Waals surface area contributed by atoms with Crippen LogP contribution < -0.4 is 9.47 Å². The van der Waals surface area contributed by atoms with Crippen molar-refractivity contribution in [1.82, 2.24) is 9.21 Å². The van der Waals surface area contributed by atoms with Crippen molar-refractivity contribution in [2.24, 2.45) is 11.8 Å². The minimum absolute atomic E-state index is 0.0935. The van der Waals surface area contributed by atoms with E-state index in [1.165, 1.54) is 4.31 Å². The first-order chi connectivity index (χ1) is 17.7. The van der Waals surface area contributed by atoms with Gasteiger partial charge in [0.1, 0.15) is 22.5 Å². The summed E-state index contributed by atoms with van der Waals surface area (Å²) in [5.74, 6) is 1.52. The Balaban J connectivity index is 1.71. The highest BCUT2D eigenvalue weighted by atomic mass is 32.2. The van der Waals surface area contributed by atoms with Gasteiger partial charge >= 0.3 is 0 Å². The molecule has 2 heterocycles. The number of likely N-dealkylation sites (N-methyl/N-ethyl adjacent to an activating group) is 1. The van der Waals surface area contributed by atoms with E-state index >= 15 is 0 Å². The zero-order valence-corrected chi connectivity index (χ0v) is 23.1. The number of hydrogen-bond donors (Lipinski definition) is 1. The van der Waals surface area contributed by atoms with Gasteiger partial charge in [-0.3, -0.25) is 0 Å². The van der Waals surface area contributed by atoms with Gasteiger partial charge in [0.2, 0.25) is 10.0 Å². The largest absolute Gasteiger partial charge is 0.496 e. The molecule has 3 atom stereocenters. The molecule has 204 valence electrons. The van der Waals surface area contributed by atoms with Gasteiger partial charge in [0.05, 0.1) is 13.7 Å². The van der Waals surface area contributed by atoms with E-state index in [1.54, 1.807) is 32.2 Å². The number of aliphatic hydroxyl groups excluding tert-OH is 1. The molecule has 0 saturated carbocycles. The standard InChI is InChI=1S/C28H40N2O6S/c1-20-16-30(21(2)19-31)37(32,33)28-10-9-23(24-7-5-6-8-25(24)34-4)15-26(28)36-27(20)18-29(3)17-22-11-13-35-14-12-22/h5-10,15,20-22,27,31H,11-14,16-19H2,1-4H3/t20-,21+,27+/m0/s1. The maximum Gasteiger partial charge on any atom is 0.247 e. The van der Waals surface area contributed by atoms with Crippen LogP contribution in [0.5, 0.6) is 11.5 Å². The van der Waals surface area contributed by atoms with Crippen LogP contribution in [0, 0.1) is 11.8 Å². The molecule has 1 fully saturated rings. The first-order valence-corrected chi connectivity index (χ1v) is 14.5. The van der Waals surface area contributed by atoms with E-state index in [1.807, 2.05) is 31.2 Å². The van der Waals surface area contributed by atoms with Crippen molar-refractivity contribution in [3.63, 3.8) is 0 Å². The third-order valence-electron chi connectivity index (χ3n) is 7.49. The van der Waals surface area contributed by atoms with Crippen molar-refractivity contribution < 1.29 is 27.7 Å². The van der Waals surface area contributed by atoms with Crippen LogP contribution in [0.3, 0.4) is 0 Å². The molecule has 0 unspecified atom stereocenters. The smallest absolute Gasteiger partial charge is 0.247 e. The summed E-state index contributed by atoms with van der Waals surface area (Å²) >= 11 is 0. The predicted octanol–water partition coefficient (Wildman–Crippen LogP) is 3.49. The average Bonchev–Trinajstić information content (AvgIpc) is 2.90. The van der Waals surface area contributed by atoms with E-state index < -0.39 is 16.1 Å². The highest BCUT2D eigenvalue weighted by Crippen LogP contribution is 2.38. The Labute approximate surface area is 221 Å². The van der Waals surface area contributed by atoms with Crippen LogP contribution in [0.4, 0.5) is 0 Å². The molecular formula is C28H40N2O6S. The summed E-state index contributed by atoms with van der Waals surface area (Å²) < 4.78 is 46.6. The molecule has 8 nitrogen and oxygen atoms in total. The fourth-order valence-electron chi connectivity index (χ4n) is 5.25. The fourth-order valence-corrected chi connectivity index (χ4v) is 7.07. The number of hydrogen-bond acceptors (Lipinski definition) is 7. The second-order valence-corrected chi connectivity index (χ2v) is 12.2. The quantitative estimate of drug-likeness (QED) is 0.557. The van der Waals surface area contributed by atoms with Gasteiger partial charge in [-0.05, 0) is 56.5 Å². The molecule has 2 aliphatic heterocycles. The van der Waals surface area contributed by atoms with Gasteiger partial charge in [0, 0.05) is 50.4 Å². The Morgan fingerprint density at radius 3 is 2.59 bits per heavy atom. The first-order valence-electron chi connectivity index (χ1n) is 13.1. The second-order valence-electron chi connectivity index (χ2n) is 10.4. The third kappa shape index (κ3) is 6.29. The minimum Gasteiger partial charge on any atom is -0.496 e. The molecule has 0 bridgehead atoms. The number of para-hydroxylation sites is 1. The molecule has 0 aliphatic carbocycles. The summed E-state index contributed by atoms with van der Waals surface area (Å²) in [6.07, 6.45) is 1.87. The monoisotopic (exact) mass is 532 g/mol. The highest BCUT2D eigenvalue weighted by molar-refractivity contribution is 7.89. The molecular weight excluding hydrogens is 492 g/mol. The van der Waals surface area contributed by atoms with Crippen molar-refractivity contribution in [2.45, 2.75) is 43.7 Å². The normalized spacial score (nSPS) is 23.5. The van der Waals surface area contributed by atoms with E-state index in [-0.39, 0.29) is 30.1 Å². The summed E-state index contributed by atoms with van der Waals surface area (Å²) in [5, 5.41) is 9.89. The van der Waals surface area contributed by atoms with Crippen molar-refractivity contribution in [2.75, 3.05) is 53.6 Å². The molecule has 9 heteroatoms. The lowest BCUT2D eigenvalue weighted by atomic mass is 9.98. The number of nitrogens with zero attached hydrogens (tertiary/aromatic N) is 2. The lowest BCUT2D eigenvalue weighted by Crippen LogP contribution is -2.50. The van der Waals surface area contributed by atoms with E-state index in [0.29, 0.717) is 24.0 Å². The number of methoxy groups -OCH3 is 1. The predicted molar refractivity (Wildman–Crippen MR) is 143 cm³/mol. The van der Waals surface area contributed by atoms with Gasteiger partial charge in [-0.1, -0.05) is 31.2 Å². The molecule has 0 spiro atoms. The molecule has 2 aromatic rings. The summed E-state index contributed by atoms with van der Waals surface area (Å²) in [5.41, 5.74) is 1.67. The van der Waals surface area contributed by atoms with Crippen LogP contribution in [0.25, 0.3) is 11.1 Å². The van der Waals surface area contributed by atoms with Crippen molar-refractivity contribution in [1.29, 1.82) is 0 Å². The molecule has 2 aliphatic rings. The summed E-state index contributed by atoms with van der Waals surface area (Å²) in [6, 6.07) is 12.3. The zero-order chi connectivity index (χ0) is 26.6. The van der Waals surface area contributed by atoms with E-state index in [2.05, 4.69) is 11.9 Å². The van der Waals surface area contributed by atoms with Crippen LogP contribution in [-0.2, 0) is 14.8 Å².